The van der Waals surface area contributed by atoms with Gasteiger partial charge < -0.3 is 10.6 Å². The Morgan fingerprint density at radius 3 is 2.92 bits per heavy atom. The summed E-state index contributed by atoms with van der Waals surface area (Å²) in [6.07, 6.45) is 0. The lowest BCUT2D eigenvalue weighted by Crippen LogP contribution is -2.45. The molecule has 2 rings (SSSR count). The molecule has 1 fully saturated rings. The average Bonchev–Trinajstić information content (AvgIpc) is 2.01. The summed E-state index contributed by atoms with van der Waals surface area (Å²) in [7, 11) is 0. The topological polar surface area (TPSA) is 24.1 Å². The molecule has 70 valence electrons. The summed E-state index contributed by atoms with van der Waals surface area (Å²) >= 11 is 5.86. The van der Waals surface area contributed by atoms with E-state index in [4.69, 9.17) is 11.6 Å². The molecule has 0 radical (unpaired) electrons. The van der Waals surface area contributed by atoms with E-state index in [9.17, 15) is 0 Å². The molecule has 1 heterocycles. The van der Waals surface area contributed by atoms with Gasteiger partial charge in [-0.25, -0.2) is 0 Å². The number of benzene rings is 1. The predicted molar refractivity (Wildman–Crippen MR) is 56.3 cm³/mol. The summed E-state index contributed by atoms with van der Waals surface area (Å²) in [5.74, 6) is 0.777. The van der Waals surface area contributed by atoms with Crippen molar-refractivity contribution in [1.29, 1.82) is 0 Å². The lowest BCUT2D eigenvalue weighted by atomic mass is 10.0. The fourth-order valence-electron chi connectivity index (χ4n) is 1.35. The maximum atomic E-state index is 5.86. The van der Waals surface area contributed by atoms with Crippen LogP contribution in [-0.2, 0) is 0 Å². The number of nitrogens with one attached hydrogen (secondary N) is 2. The Balaban J connectivity index is 1.86. The maximum absolute atomic E-state index is 5.86. The van der Waals surface area contributed by atoms with Crippen molar-refractivity contribution in [2.24, 2.45) is 5.92 Å². The first-order valence-corrected chi connectivity index (χ1v) is 4.92. The number of halogens is 1. The van der Waals surface area contributed by atoms with Gasteiger partial charge in [0.15, 0.2) is 0 Å². The van der Waals surface area contributed by atoms with Gasteiger partial charge in [0.1, 0.15) is 0 Å². The van der Waals surface area contributed by atoms with Gasteiger partial charge in [-0.3, -0.25) is 0 Å². The number of rotatable bonds is 3. The van der Waals surface area contributed by atoms with Crippen LogP contribution < -0.4 is 10.6 Å². The Labute approximate surface area is 83.3 Å². The minimum atomic E-state index is 0.777. The van der Waals surface area contributed by atoms with E-state index in [1.807, 2.05) is 24.3 Å². The largest absolute Gasteiger partial charge is 0.385 e. The van der Waals surface area contributed by atoms with Crippen molar-refractivity contribution in [3.63, 3.8) is 0 Å². The Morgan fingerprint density at radius 1 is 1.46 bits per heavy atom. The molecule has 0 unspecified atom stereocenters. The minimum absolute atomic E-state index is 0.777. The standard InChI is InChI=1S/C10H13ClN2/c11-9-2-1-3-10(4-9)13-7-8-5-12-6-8/h1-4,8,12-13H,5-7H2. The highest BCUT2D eigenvalue weighted by Gasteiger charge is 2.15. The van der Waals surface area contributed by atoms with Gasteiger partial charge in [-0.2, -0.15) is 0 Å². The van der Waals surface area contributed by atoms with Gasteiger partial charge >= 0.3 is 0 Å². The van der Waals surface area contributed by atoms with Gasteiger partial charge in [0.25, 0.3) is 0 Å². The lowest BCUT2D eigenvalue weighted by molar-refractivity contribution is 0.365. The monoisotopic (exact) mass is 196 g/mol. The van der Waals surface area contributed by atoms with Gasteiger partial charge in [-0.1, -0.05) is 17.7 Å². The van der Waals surface area contributed by atoms with Crippen molar-refractivity contribution >= 4 is 17.3 Å². The fraction of sp³-hybridized carbons (Fsp3) is 0.400. The summed E-state index contributed by atoms with van der Waals surface area (Å²) in [4.78, 5) is 0. The molecule has 1 aliphatic heterocycles. The highest BCUT2D eigenvalue weighted by Crippen LogP contribution is 2.15. The first-order valence-electron chi connectivity index (χ1n) is 4.55. The Bertz CT molecular complexity index is 284. The minimum Gasteiger partial charge on any atom is -0.385 e. The van der Waals surface area contributed by atoms with Gasteiger partial charge in [0.2, 0.25) is 0 Å². The van der Waals surface area contributed by atoms with E-state index in [-0.39, 0.29) is 0 Å². The Hall–Kier alpha value is -0.730. The molecular formula is C10H13ClN2. The lowest BCUT2D eigenvalue weighted by Gasteiger charge is -2.27. The van der Waals surface area contributed by atoms with E-state index in [0.717, 1.165) is 36.3 Å². The molecule has 0 spiro atoms. The molecule has 0 atom stereocenters. The van der Waals surface area contributed by atoms with E-state index >= 15 is 0 Å². The van der Waals surface area contributed by atoms with E-state index in [0.29, 0.717) is 0 Å². The van der Waals surface area contributed by atoms with Crippen LogP contribution in [0.25, 0.3) is 0 Å². The molecule has 0 aliphatic carbocycles. The third kappa shape index (κ3) is 2.36. The van der Waals surface area contributed by atoms with E-state index in [2.05, 4.69) is 10.6 Å². The van der Waals surface area contributed by atoms with Crippen molar-refractivity contribution in [2.75, 3.05) is 25.0 Å². The zero-order valence-corrected chi connectivity index (χ0v) is 8.14. The predicted octanol–water partition coefficient (Wildman–Crippen LogP) is 1.97. The third-order valence-corrected chi connectivity index (χ3v) is 2.52. The highest BCUT2D eigenvalue weighted by atomic mass is 35.5. The molecule has 13 heavy (non-hydrogen) atoms. The summed E-state index contributed by atoms with van der Waals surface area (Å²) in [5, 5.41) is 7.39. The molecule has 3 heteroatoms. The van der Waals surface area contributed by atoms with Gasteiger partial charge in [0.05, 0.1) is 0 Å². The zero-order chi connectivity index (χ0) is 9.10. The third-order valence-electron chi connectivity index (χ3n) is 2.29. The summed E-state index contributed by atoms with van der Waals surface area (Å²) in [5.41, 5.74) is 1.11. The van der Waals surface area contributed by atoms with Crippen molar-refractivity contribution < 1.29 is 0 Å². The van der Waals surface area contributed by atoms with Crippen LogP contribution in [0.1, 0.15) is 0 Å². The first-order chi connectivity index (χ1) is 6.34. The van der Waals surface area contributed by atoms with Gasteiger partial charge in [0, 0.05) is 36.3 Å². The second-order valence-electron chi connectivity index (χ2n) is 3.42. The van der Waals surface area contributed by atoms with E-state index in [1.54, 1.807) is 0 Å². The van der Waals surface area contributed by atoms with E-state index < -0.39 is 0 Å². The van der Waals surface area contributed by atoms with Crippen LogP contribution in [0.15, 0.2) is 24.3 Å². The number of hydrogen-bond acceptors (Lipinski definition) is 2. The second-order valence-corrected chi connectivity index (χ2v) is 3.85. The summed E-state index contributed by atoms with van der Waals surface area (Å²) in [6.45, 7) is 3.30. The SMILES string of the molecule is Clc1cccc(NCC2CNC2)c1. The molecule has 1 aliphatic rings. The van der Waals surface area contributed by atoms with Crippen LogP contribution in [0, 0.1) is 5.92 Å². The molecule has 2 nitrogen and oxygen atoms in total. The zero-order valence-electron chi connectivity index (χ0n) is 7.39. The Kier molecular flexibility index (Phi) is 2.71. The van der Waals surface area contributed by atoms with E-state index in [1.165, 1.54) is 0 Å². The van der Waals surface area contributed by atoms with Crippen LogP contribution >= 0.6 is 11.6 Å². The average molecular weight is 197 g/mol. The van der Waals surface area contributed by atoms with Crippen LogP contribution in [0.2, 0.25) is 5.02 Å². The molecule has 0 saturated carbocycles. The quantitative estimate of drug-likeness (QED) is 0.773. The molecule has 1 saturated heterocycles. The number of anilines is 1. The van der Waals surface area contributed by atoms with Crippen LogP contribution in [-0.4, -0.2) is 19.6 Å². The second kappa shape index (κ2) is 3.99. The smallest absolute Gasteiger partial charge is 0.0426 e. The molecule has 0 aromatic heterocycles. The summed E-state index contributed by atoms with van der Waals surface area (Å²) in [6, 6.07) is 7.84. The molecule has 1 aromatic carbocycles. The fourth-order valence-corrected chi connectivity index (χ4v) is 1.54. The molecule has 2 N–H and O–H groups in total. The molecule has 1 aromatic rings. The molecular weight excluding hydrogens is 184 g/mol. The number of hydrogen-bond donors (Lipinski definition) is 2. The van der Waals surface area contributed by atoms with Crippen molar-refractivity contribution in [1.82, 2.24) is 5.32 Å². The Morgan fingerprint density at radius 2 is 2.31 bits per heavy atom. The van der Waals surface area contributed by atoms with Crippen molar-refractivity contribution in [3.8, 4) is 0 Å². The highest BCUT2D eigenvalue weighted by molar-refractivity contribution is 6.30. The first kappa shape index (κ1) is 8.85. The van der Waals surface area contributed by atoms with Crippen LogP contribution in [0.4, 0.5) is 5.69 Å². The van der Waals surface area contributed by atoms with Crippen LogP contribution in [0.3, 0.4) is 0 Å². The summed E-state index contributed by atoms with van der Waals surface area (Å²) < 4.78 is 0. The van der Waals surface area contributed by atoms with Crippen LogP contribution in [0.5, 0.6) is 0 Å². The van der Waals surface area contributed by atoms with Gasteiger partial charge in [-0.05, 0) is 18.2 Å². The molecule has 0 amide bonds. The van der Waals surface area contributed by atoms with Crippen molar-refractivity contribution in [3.05, 3.63) is 29.3 Å². The van der Waals surface area contributed by atoms with Crippen molar-refractivity contribution in [2.45, 2.75) is 0 Å². The maximum Gasteiger partial charge on any atom is 0.0426 e. The molecule has 0 bridgehead atoms. The normalized spacial score (nSPS) is 16.7. The van der Waals surface area contributed by atoms with Gasteiger partial charge in [-0.15, -0.1) is 0 Å².